The van der Waals surface area contributed by atoms with Gasteiger partial charge in [-0.2, -0.15) is 0 Å². The van der Waals surface area contributed by atoms with Crippen LogP contribution >= 0.6 is 0 Å². The molecule has 1 N–H and O–H groups in total. The molecule has 1 amide bonds. The van der Waals surface area contributed by atoms with Gasteiger partial charge in [-0.15, -0.1) is 0 Å². The van der Waals surface area contributed by atoms with E-state index in [1.807, 2.05) is 30.3 Å². The van der Waals surface area contributed by atoms with Crippen LogP contribution < -0.4 is 4.74 Å². The van der Waals surface area contributed by atoms with Crippen molar-refractivity contribution < 1.29 is 24.4 Å². The number of unbranched alkanes of at least 4 members (excludes halogenated alkanes) is 1. The molecule has 8 nitrogen and oxygen atoms in total. The maximum absolute atomic E-state index is 13.2. The van der Waals surface area contributed by atoms with Crippen LogP contribution in [0, 0.1) is 10.1 Å². The van der Waals surface area contributed by atoms with E-state index in [2.05, 4.69) is 6.92 Å². The molecule has 0 saturated carbocycles. The van der Waals surface area contributed by atoms with Crippen molar-refractivity contribution in [3.8, 4) is 5.75 Å². The number of aliphatic hydroxyl groups is 1. The van der Waals surface area contributed by atoms with Crippen LogP contribution in [-0.4, -0.2) is 33.2 Å². The highest BCUT2D eigenvalue weighted by Gasteiger charge is 2.46. The smallest absolute Gasteiger partial charge is 0.295 e. The van der Waals surface area contributed by atoms with Crippen LogP contribution in [0.15, 0.2) is 84.4 Å². The van der Waals surface area contributed by atoms with Crippen LogP contribution in [0.5, 0.6) is 5.75 Å². The molecule has 1 fully saturated rings. The van der Waals surface area contributed by atoms with Crippen LogP contribution in [-0.2, 0) is 16.1 Å². The van der Waals surface area contributed by atoms with Gasteiger partial charge in [-0.1, -0.05) is 55.8 Å². The minimum atomic E-state index is -0.921. The number of ketones is 1. The van der Waals surface area contributed by atoms with Crippen molar-refractivity contribution in [1.29, 1.82) is 0 Å². The van der Waals surface area contributed by atoms with Crippen LogP contribution in [0.4, 0.5) is 5.69 Å². The lowest BCUT2D eigenvalue weighted by Crippen LogP contribution is -2.29. The molecule has 4 rings (SSSR count). The second-order valence-electron chi connectivity index (χ2n) is 8.49. The van der Waals surface area contributed by atoms with Gasteiger partial charge >= 0.3 is 0 Å². The third-order valence-electron chi connectivity index (χ3n) is 6.03. The Hall–Kier alpha value is -4.46. The van der Waals surface area contributed by atoms with E-state index in [0.29, 0.717) is 23.5 Å². The fourth-order valence-electron chi connectivity index (χ4n) is 4.17. The van der Waals surface area contributed by atoms with E-state index in [0.717, 1.165) is 18.4 Å². The Morgan fingerprint density at radius 1 is 1.03 bits per heavy atom. The molecule has 1 aliphatic rings. The molecule has 184 valence electrons. The van der Waals surface area contributed by atoms with Crippen LogP contribution in [0.1, 0.15) is 42.5 Å². The zero-order chi connectivity index (χ0) is 25.7. The van der Waals surface area contributed by atoms with Crippen LogP contribution in [0.2, 0.25) is 0 Å². The number of likely N-dealkylation sites (tertiary alicyclic amines) is 1. The Morgan fingerprint density at radius 2 is 1.75 bits per heavy atom. The number of hydrogen-bond acceptors (Lipinski definition) is 6. The summed E-state index contributed by atoms with van der Waals surface area (Å²) in [6.45, 7) is 2.70. The number of rotatable bonds is 9. The van der Waals surface area contributed by atoms with Gasteiger partial charge in [0.05, 0.1) is 23.1 Å². The van der Waals surface area contributed by atoms with Crippen molar-refractivity contribution in [2.75, 3.05) is 6.61 Å². The molecule has 36 heavy (non-hydrogen) atoms. The highest BCUT2D eigenvalue weighted by Crippen LogP contribution is 2.41. The molecule has 1 heterocycles. The summed E-state index contributed by atoms with van der Waals surface area (Å²) in [5.41, 5.74) is 1.44. The number of ether oxygens (including phenoxy) is 1. The highest BCUT2D eigenvalue weighted by molar-refractivity contribution is 6.46. The predicted molar refractivity (Wildman–Crippen MR) is 134 cm³/mol. The molecule has 0 radical (unpaired) electrons. The van der Waals surface area contributed by atoms with Crippen molar-refractivity contribution >= 4 is 23.1 Å². The lowest BCUT2D eigenvalue weighted by Gasteiger charge is -2.25. The monoisotopic (exact) mass is 486 g/mol. The van der Waals surface area contributed by atoms with Gasteiger partial charge < -0.3 is 14.7 Å². The molecular weight excluding hydrogens is 460 g/mol. The highest BCUT2D eigenvalue weighted by atomic mass is 16.6. The summed E-state index contributed by atoms with van der Waals surface area (Å²) in [7, 11) is 0. The van der Waals surface area contributed by atoms with Gasteiger partial charge in [0.15, 0.2) is 0 Å². The number of carbonyl (C=O) groups is 2. The Kier molecular flexibility index (Phi) is 7.44. The van der Waals surface area contributed by atoms with Gasteiger partial charge in [0.1, 0.15) is 11.5 Å². The number of nitro benzene ring substituents is 1. The summed E-state index contributed by atoms with van der Waals surface area (Å²) < 4.78 is 5.74. The Morgan fingerprint density at radius 3 is 2.42 bits per heavy atom. The average Bonchev–Trinajstić information content (AvgIpc) is 3.14. The molecule has 1 aliphatic heterocycles. The number of Topliss-reactive ketones (excluding diaryl/α,β-unsaturated/α-hetero) is 1. The Balaban J connectivity index is 1.79. The van der Waals surface area contributed by atoms with Crippen LogP contribution in [0.3, 0.4) is 0 Å². The first-order valence-corrected chi connectivity index (χ1v) is 11.7. The van der Waals surface area contributed by atoms with E-state index in [1.165, 1.54) is 29.2 Å². The van der Waals surface area contributed by atoms with E-state index in [9.17, 15) is 24.8 Å². The van der Waals surface area contributed by atoms with Gasteiger partial charge in [0.2, 0.25) is 0 Å². The maximum Gasteiger partial charge on any atom is 0.295 e. The summed E-state index contributed by atoms with van der Waals surface area (Å²) in [6.07, 6.45) is 1.85. The largest absolute Gasteiger partial charge is 0.507 e. The number of nitrogens with zero attached hydrogens (tertiary/aromatic N) is 2. The second kappa shape index (κ2) is 10.9. The van der Waals surface area contributed by atoms with E-state index in [-0.39, 0.29) is 23.6 Å². The van der Waals surface area contributed by atoms with Crippen molar-refractivity contribution in [3.05, 3.63) is 111 Å². The lowest BCUT2D eigenvalue weighted by atomic mass is 9.95. The van der Waals surface area contributed by atoms with Crippen LogP contribution in [0.25, 0.3) is 5.76 Å². The number of non-ortho nitro benzene ring substituents is 1. The molecule has 1 atom stereocenters. The molecule has 1 unspecified atom stereocenters. The summed E-state index contributed by atoms with van der Waals surface area (Å²) in [5.74, 6) is -1.35. The third-order valence-corrected chi connectivity index (χ3v) is 6.03. The minimum absolute atomic E-state index is 0.0736. The van der Waals surface area contributed by atoms with E-state index in [1.54, 1.807) is 24.3 Å². The molecule has 0 bridgehead atoms. The van der Waals surface area contributed by atoms with Crippen molar-refractivity contribution in [2.45, 2.75) is 32.4 Å². The summed E-state index contributed by atoms with van der Waals surface area (Å²) >= 11 is 0. The second-order valence-corrected chi connectivity index (χ2v) is 8.49. The number of amides is 1. The minimum Gasteiger partial charge on any atom is -0.507 e. The number of benzene rings is 3. The molecule has 3 aromatic rings. The van der Waals surface area contributed by atoms with E-state index < -0.39 is 22.7 Å². The van der Waals surface area contributed by atoms with Gasteiger partial charge in [-0.3, -0.25) is 19.7 Å². The zero-order valence-electron chi connectivity index (χ0n) is 19.8. The van der Waals surface area contributed by atoms with Gasteiger partial charge in [0, 0.05) is 24.2 Å². The standard InChI is InChI=1S/C28H26N2O6/c1-2-3-16-36-23-11-7-10-21(17-23)26(31)24-25(20-12-14-22(15-13-20)30(34)35)29(28(33)27(24)32)18-19-8-5-4-6-9-19/h4-15,17,25,31H,2-3,16,18H2,1H3. The summed E-state index contributed by atoms with van der Waals surface area (Å²) in [6, 6.07) is 20.6. The number of aliphatic hydroxyl groups excluding tert-OH is 1. The molecule has 0 spiro atoms. The summed E-state index contributed by atoms with van der Waals surface area (Å²) in [5, 5.41) is 22.4. The van der Waals surface area contributed by atoms with Gasteiger partial charge in [0.25, 0.3) is 17.4 Å². The summed E-state index contributed by atoms with van der Waals surface area (Å²) in [4.78, 5) is 38.4. The average molecular weight is 487 g/mol. The number of nitro groups is 1. The molecular formula is C28H26N2O6. The molecule has 0 aromatic heterocycles. The molecule has 1 saturated heterocycles. The van der Waals surface area contributed by atoms with Crippen molar-refractivity contribution in [1.82, 2.24) is 4.90 Å². The Labute approximate surface area is 208 Å². The normalized spacial score (nSPS) is 16.8. The molecule has 3 aromatic carbocycles. The maximum atomic E-state index is 13.2. The zero-order valence-corrected chi connectivity index (χ0v) is 19.8. The van der Waals surface area contributed by atoms with Crippen molar-refractivity contribution in [2.24, 2.45) is 0 Å². The third kappa shape index (κ3) is 5.12. The first-order valence-electron chi connectivity index (χ1n) is 11.7. The quantitative estimate of drug-likeness (QED) is 0.108. The van der Waals surface area contributed by atoms with E-state index in [4.69, 9.17) is 4.74 Å². The SMILES string of the molecule is CCCCOc1cccc(C(O)=C2C(=O)C(=O)N(Cc3ccccc3)C2c2ccc([N+](=O)[O-])cc2)c1. The lowest BCUT2D eigenvalue weighted by molar-refractivity contribution is -0.384. The van der Waals surface area contributed by atoms with Gasteiger partial charge in [-0.05, 0) is 41.8 Å². The fraction of sp³-hybridized carbons (Fsp3) is 0.214. The van der Waals surface area contributed by atoms with Crippen molar-refractivity contribution in [3.63, 3.8) is 0 Å². The number of carbonyl (C=O) groups excluding carboxylic acids is 2. The Bertz CT molecular complexity index is 1300. The molecule has 8 heteroatoms. The fourth-order valence-corrected chi connectivity index (χ4v) is 4.17. The molecule has 0 aliphatic carbocycles. The number of hydrogen-bond donors (Lipinski definition) is 1. The van der Waals surface area contributed by atoms with E-state index >= 15 is 0 Å². The first kappa shape index (κ1) is 24.7. The first-order chi connectivity index (χ1) is 17.4. The topological polar surface area (TPSA) is 110 Å². The van der Waals surface area contributed by atoms with Gasteiger partial charge in [-0.25, -0.2) is 0 Å². The predicted octanol–water partition coefficient (Wildman–Crippen LogP) is 5.40.